The van der Waals surface area contributed by atoms with Gasteiger partial charge in [0.25, 0.3) is 0 Å². The number of nitrogens with zero attached hydrogens (tertiary/aromatic N) is 2. The minimum Gasteiger partial charge on any atom is -0.379 e. The molecule has 0 unspecified atom stereocenters. The van der Waals surface area contributed by atoms with Crippen molar-refractivity contribution < 1.29 is 0 Å². The van der Waals surface area contributed by atoms with E-state index in [-0.39, 0.29) is 0 Å². The largest absolute Gasteiger partial charge is 0.379 e. The summed E-state index contributed by atoms with van der Waals surface area (Å²) in [5, 5.41) is 3.51. The summed E-state index contributed by atoms with van der Waals surface area (Å²) >= 11 is 0. The fraction of sp³-hybridized carbons (Fsp3) is 0.412. The third-order valence-corrected chi connectivity index (χ3v) is 4.06. The molecule has 106 valence electrons. The first-order valence-electron chi connectivity index (χ1n) is 7.47. The summed E-state index contributed by atoms with van der Waals surface area (Å²) in [5.74, 6) is 0. The fourth-order valence-corrected chi connectivity index (χ4v) is 2.85. The second-order valence-electron chi connectivity index (χ2n) is 5.65. The molecular weight excluding hydrogens is 246 g/mol. The maximum atomic E-state index is 3.51. The van der Waals surface area contributed by atoms with Crippen LogP contribution < -0.4 is 5.32 Å². The molecule has 0 saturated carbocycles. The number of aromatic nitrogens is 1. The van der Waals surface area contributed by atoms with Crippen molar-refractivity contribution >= 4 is 5.69 Å². The number of nitrogens with one attached hydrogen (secondary N) is 1. The van der Waals surface area contributed by atoms with Gasteiger partial charge in [-0.2, -0.15) is 0 Å². The zero-order valence-electron chi connectivity index (χ0n) is 12.2. The molecule has 2 heterocycles. The van der Waals surface area contributed by atoms with Gasteiger partial charge in [-0.3, -0.25) is 4.90 Å². The van der Waals surface area contributed by atoms with E-state index in [2.05, 4.69) is 64.4 Å². The molecule has 3 nitrogen and oxygen atoms in total. The zero-order valence-corrected chi connectivity index (χ0v) is 12.2. The lowest BCUT2D eigenvalue weighted by atomic mass is 10.2. The van der Waals surface area contributed by atoms with E-state index in [1.165, 1.54) is 42.9 Å². The number of anilines is 1. The Morgan fingerprint density at radius 1 is 1.10 bits per heavy atom. The molecular formula is C17H23N3. The van der Waals surface area contributed by atoms with Crippen LogP contribution in [-0.4, -0.2) is 22.6 Å². The summed E-state index contributed by atoms with van der Waals surface area (Å²) in [6, 6.07) is 13.0. The Morgan fingerprint density at radius 2 is 1.95 bits per heavy atom. The normalized spacial score (nSPS) is 15.7. The van der Waals surface area contributed by atoms with Gasteiger partial charge in [-0.25, -0.2) is 0 Å². The van der Waals surface area contributed by atoms with Gasteiger partial charge in [-0.1, -0.05) is 12.1 Å². The third kappa shape index (κ3) is 3.23. The topological polar surface area (TPSA) is 20.2 Å². The van der Waals surface area contributed by atoms with Crippen LogP contribution in [0, 0.1) is 0 Å². The number of aryl methyl sites for hydroxylation is 1. The van der Waals surface area contributed by atoms with Crippen LogP contribution in [0.25, 0.3) is 0 Å². The van der Waals surface area contributed by atoms with E-state index in [4.69, 9.17) is 0 Å². The van der Waals surface area contributed by atoms with Crippen LogP contribution in [-0.2, 0) is 20.1 Å². The molecule has 0 amide bonds. The number of likely N-dealkylation sites (tertiary alicyclic amines) is 1. The molecule has 0 aliphatic carbocycles. The van der Waals surface area contributed by atoms with Crippen molar-refractivity contribution in [2.24, 2.45) is 7.05 Å². The summed E-state index contributed by atoms with van der Waals surface area (Å²) in [4.78, 5) is 2.54. The van der Waals surface area contributed by atoms with E-state index >= 15 is 0 Å². The zero-order chi connectivity index (χ0) is 13.8. The number of hydrogen-bond acceptors (Lipinski definition) is 2. The van der Waals surface area contributed by atoms with Gasteiger partial charge in [-0.05, 0) is 55.8 Å². The Hall–Kier alpha value is -1.74. The van der Waals surface area contributed by atoms with Gasteiger partial charge in [0.2, 0.25) is 0 Å². The minimum atomic E-state index is 0.872. The van der Waals surface area contributed by atoms with Gasteiger partial charge < -0.3 is 9.88 Å². The first kappa shape index (κ1) is 13.3. The van der Waals surface area contributed by atoms with Gasteiger partial charge in [0.1, 0.15) is 0 Å². The monoisotopic (exact) mass is 269 g/mol. The number of hydrogen-bond donors (Lipinski definition) is 1. The van der Waals surface area contributed by atoms with Crippen LogP contribution >= 0.6 is 0 Å². The second-order valence-corrected chi connectivity index (χ2v) is 5.65. The highest BCUT2D eigenvalue weighted by atomic mass is 15.1. The summed E-state index contributed by atoms with van der Waals surface area (Å²) in [6.45, 7) is 4.46. The Kier molecular flexibility index (Phi) is 4.07. The van der Waals surface area contributed by atoms with E-state index in [0.29, 0.717) is 0 Å². The molecule has 1 fully saturated rings. The molecule has 1 saturated heterocycles. The maximum Gasteiger partial charge on any atom is 0.0553 e. The molecule has 20 heavy (non-hydrogen) atoms. The van der Waals surface area contributed by atoms with E-state index in [0.717, 1.165) is 13.1 Å². The lowest BCUT2D eigenvalue weighted by Gasteiger charge is -2.15. The van der Waals surface area contributed by atoms with Gasteiger partial charge in [-0.15, -0.1) is 0 Å². The molecule has 2 aromatic rings. The van der Waals surface area contributed by atoms with Crippen LogP contribution in [0.4, 0.5) is 5.69 Å². The lowest BCUT2D eigenvalue weighted by molar-refractivity contribution is 0.331. The fourth-order valence-electron chi connectivity index (χ4n) is 2.85. The Morgan fingerprint density at radius 3 is 2.70 bits per heavy atom. The SMILES string of the molecule is Cn1cccc1CNc1cccc(CN2CCCC2)c1. The third-order valence-electron chi connectivity index (χ3n) is 4.06. The van der Waals surface area contributed by atoms with Crippen LogP contribution in [0.5, 0.6) is 0 Å². The molecule has 1 aliphatic heterocycles. The predicted molar refractivity (Wildman–Crippen MR) is 83.7 cm³/mol. The Bertz CT molecular complexity index is 553. The molecule has 1 aliphatic rings. The smallest absolute Gasteiger partial charge is 0.0553 e. The highest BCUT2D eigenvalue weighted by Gasteiger charge is 2.11. The van der Waals surface area contributed by atoms with Crippen molar-refractivity contribution in [3.63, 3.8) is 0 Å². The van der Waals surface area contributed by atoms with Gasteiger partial charge in [0, 0.05) is 31.2 Å². The molecule has 3 rings (SSSR count). The van der Waals surface area contributed by atoms with Crippen LogP contribution in [0.1, 0.15) is 24.1 Å². The van der Waals surface area contributed by atoms with Crippen molar-refractivity contribution in [2.45, 2.75) is 25.9 Å². The Balaban J connectivity index is 1.60. The standard InChI is InChI=1S/C17H23N3/c1-19-9-5-8-17(19)13-18-16-7-4-6-15(12-16)14-20-10-2-3-11-20/h4-9,12,18H,2-3,10-11,13-14H2,1H3. The van der Waals surface area contributed by atoms with Crippen molar-refractivity contribution in [1.29, 1.82) is 0 Å². The highest BCUT2D eigenvalue weighted by Crippen LogP contribution is 2.16. The average Bonchev–Trinajstić information content (AvgIpc) is 3.09. The van der Waals surface area contributed by atoms with E-state index in [1.807, 2.05) is 0 Å². The van der Waals surface area contributed by atoms with E-state index < -0.39 is 0 Å². The molecule has 1 N–H and O–H groups in total. The molecule has 0 atom stereocenters. The van der Waals surface area contributed by atoms with Crippen LogP contribution in [0.3, 0.4) is 0 Å². The van der Waals surface area contributed by atoms with E-state index in [1.54, 1.807) is 0 Å². The molecule has 0 bridgehead atoms. The number of benzene rings is 1. The lowest BCUT2D eigenvalue weighted by Crippen LogP contribution is -2.18. The summed E-state index contributed by atoms with van der Waals surface area (Å²) < 4.78 is 2.15. The van der Waals surface area contributed by atoms with Gasteiger partial charge >= 0.3 is 0 Å². The van der Waals surface area contributed by atoms with Crippen molar-refractivity contribution in [2.75, 3.05) is 18.4 Å². The quantitative estimate of drug-likeness (QED) is 0.899. The molecule has 1 aromatic carbocycles. The highest BCUT2D eigenvalue weighted by molar-refractivity contribution is 5.46. The van der Waals surface area contributed by atoms with Crippen LogP contribution in [0.2, 0.25) is 0 Å². The van der Waals surface area contributed by atoms with Crippen molar-refractivity contribution in [3.05, 3.63) is 53.9 Å². The predicted octanol–water partition coefficient (Wildman–Crippen LogP) is 3.23. The molecule has 0 radical (unpaired) electrons. The van der Waals surface area contributed by atoms with Crippen molar-refractivity contribution in [3.8, 4) is 0 Å². The van der Waals surface area contributed by atoms with Crippen LogP contribution in [0.15, 0.2) is 42.6 Å². The molecule has 0 spiro atoms. The minimum absolute atomic E-state index is 0.872. The summed E-state index contributed by atoms with van der Waals surface area (Å²) in [6.07, 6.45) is 4.79. The summed E-state index contributed by atoms with van der Waals surface area (Å²) in [7, 11) is 2.08. The van der Waals surface area contributed by atoms with Gasteiger partial charge in [0.05, 0.1) is 6.54 Å². The number of rotatable bonds is 5. The molecule has 1 aromatic heterocycles. The second kappa shape index (κ2) is 6.14. The van der Waals surface area contributed by atoms with E-state index in [9.17, 15) is 0 Å². The van der Waals surface area contributed by atoms with Crippen molar-refractivity contribution in [1.82, 2.24) is 9.47 Å². The average molecular weight is 269 g/mol. The Labute approximate surface area is 121 Å². The first-order valence-corrected chi connectivity index (χ1v) is 7.47. The summed E-state index contributed by atoms with van der Waals surface area (Å²) in [5.41, 5.74) is 3.92. The first-order chi connectivity index (χ1) is 9.81. The van der Waals surface area contributed by atoms with Gasteiger partial charge in [0.15, 0.2) is 0 Å². The maximum absolute atomic E-state index is 3.51. The molecule has 3 heteroatoms.